The van der Waals surface area contributed by atoms with E-state index >= 15 is 0 Å². The van der Waals surface area contributed by atoms with Gasteiger partial charge in [-0.3, -0.25) is 9.59 Å². The lowest BCUT2D eigenvalue weighted by atomic mass is 9.97. The van der Waals surface area contributed by atoms with Crippen molar-refractivity contribution >= 4 is 16.9 Å². The monoisotopic (exact) mass is 336 g/mol. The number of hydrogen-bond donors (Lipinski definition) is 2. The highest BCUT2D eigenvalue weighted by Crippen LogP contribution is 2.27. The number of hydrogen-bond acceptors (Lipinski definition) is 3. The van der Waals surface area contributed by atoms with E-state index in [9.17, 15) is 9.59 Å². The molecular weight excluding hydrogens is 316 g/mol. The maximum Gasteiger partial charge on any atom is 0.260 e. The summed E-state index contributed by atoms with van der Waals surface area (Å²) in [6.45, 7) is 3.04. The van der Waals surface area contributed by atoms with Crippen molar-refractivity contribution in [1.29, 1.82) is 0 Å². The average Bonchev–Trinajstić information content (AvgIpc) is 3.05. The number of para-hydroxylation sites is 2. The predicted octanol–water partition coefficient (Wildman–Crippen LogP) is 2.58. The van der Waals surface area contributed by atoms with Gasteiger partial charge in [0.15, 0.2) is 0 Å². The van der Waals surface area contributed by atoms with Crippen LogP contribution in [0.5, 0.6) is 0 Å². The Bertz CT molecular complexity index is 955. The smallest absolute Gasteiger partial charge is 0.260 e. The molecule has 128 valence electrons. The molecule has 1 aliphatic heterocycles. The van der Waals surface area contributed by atoms with Gasteiger partial charge in [0.25, 0.3) is 11.5 Å². The molecule has 1 atom stereocenters. The first-order chi connectivity index (χ1) is 12.1. The molecule has 0 spiro atoms. The van der Waals surface area contributed by atoms with Crippen LogP contribution in [-0.4, -0.2) is 38.8 Å². The number of imidazole rings is 1. The summed E-state index contributed by atoms with van der Waals surface area (Å²) in [5, 5.41) is 0. The van der Waals surface area contributed by atoms with Crippen molar-refractivity contribution in [3.8, 4) is 0 Å². The number of aromatic nitrogens is 3. The molecule has 1 fully saturated rings. The van der Waals surface area contributed by atoms with E-state index in [0.29, 0.717) is 13.1 Å². The summed E-state index contributed by atoms with van der Waals surface area (Å²) in [6.07, 6.45) is 1.88. The Labute approximate surface area is 144 Å². The molecule has 1 aliphatic rings. The first kappa shape index (κ1) is 15.6. The number of piperidine rings is 1. The second-order valence-corrected chi connectivity index (χ2v) is 6.61. The van der Waals surface area contributed by atoms with Crippen molar-refractivity contribution in [2.75, 3.05) is 13.1 Å². The van der Waals surface area contributed by atoms with Crippen LogP contribution in [0.3, 0.4) is 0 Å². The molecular formula is C19H20N4O2. The molecule has 6 nitrogen and oxygen atoms in total. The summed E-state index contributed by atoms with van der Waals surface area (Å²) >= 11 is 0. The normalized spacial score (nSPS) is 17.8. The standard InChI is InChI=1S/C19H20N4O2/c1-12-8-9-14(18(24)20-12)19(25)23-10-4-5-13(11-23)17-21-15-6-2-3-7-16(15)22-17/h2-3,6-9,13H,4-5,10-11H2,1H3,(H,20,24)(H,21,22)/t13-/m1/s1. The number of H-pyrrole nitrogens is 2. The zero-order chi connectivity index (χ0) is 17.4. The number of aromatic amines is 2. The third-order valence-corrected chi connectivity index (χ3v) is 4.79. The van der Waals surface area contributed by atoms with Gasteiger partial charge in [-0.05, 0) is 44.0 Å². The molecule has 3 heterocycles. The van der Waals surface area contributed by atoms with E-state index in [4.69, 9.17) is 0 Å². The quantitative estimate of drug-likeness (QED) is 0.754. The summed E-state index contributed by atoms with van der Waals surface area (Å²) < 4.78 is 0. The van der Waals surface area contributed by atoms with E-state index in [1.807, 2.05) is 24.3 Å². The van der Waals surface area contributed by atoms with Crippen LogP contribution >= 0.6 is 0 Å². The number of amides is 1. The average molecular weight is 336 g/mol. The molecule has 3 aromatic rings. The van der Waals surface area contributed by atoms with E-state index < -0.39 is 0 Å². The Morgan fingerprint density at radius 2 is 2.04 bits per heavy atom. The number of carbonyl (C=O) groups is 1. The number of fused-ring (bicyclic) bond motifs is 1. The zero-order valence-electron chi connectivity index (χ0n) is 14.1. The number of aryl methyl sites for hydroxylation is 1. The van der Waals surface area contributed by atoms with Crippen molar-refractivity contribution in [1.82, 2.24) is 19.9 Å². The molecule has 0 radical (unpaired) electrons. The number of likely N-dealkylation sites (tertiary alicyclic amines) is 1. The predicted molar refractivity (Wildman–Crippen MR) is 95.8 cm³/mol. The number of carbonyl (C=O) groups excluding carboxylic acids is 1. The Morgan fingerprint density at radius 1 is 1.20 bits per heavy atom. The maximum atomic E-state index is 12.8. The van der Waals surface area contributed by atoms with Crippen LogP contribution in [0.4, 0.5) is 0 Å². The highest BCUT2D eigenvalue weighted by Gasteiger charge is 2.28. The minimum Gasteiger partial charge on any atom is -0.342 e. The van der Waals surface area contributed by atoms with Crippen LogP contribution in [0.25, 0.3) is 11.0 Å². The lowest BCUT2D eigenvalue weighted by molar-refractivity contribution is 0.0703. The highest BCUT2D eigenvalue weighted by molar-refractivity contribution is 5.94. The van der Waals surface area contributed by atoms with E-state index in [1.165, 1.54) is 0 Å². The summed E-state index contributed by atoms with van der Waals surface area (Å²) in [5.41, 5.74) is 2.58. The number of nitrogens with one attached hydrogen (secondary N) is 2. The molecule has 1 amide bonds. The molecule has 25 heavy (non-hydrogen) atoms. The first-order valence-corrected chi connectivity index (χ1v) is 8.55. The fourth-order valence-corrected chi connectivity index (χ4v) is 3.46. The number of nitrogens with zero attached hydrogens (tertiary/aromatic N) is 2. The van der Waals surface area contributed by atoms with Gasteiger partial charge in [-0.25, -0.2) is 4.98 Å². The molecule has 0 unspecified atom stereocenters. The zero-order valence-corrected chi connectivity index (χ0v) is 14.1. The van der Waals surface area contributed by atoms with Gasteiger partial charge < -0.3 is 14.9 Å². The SMILES string of the molecule is Cc1ccc(C(=O)N2CCC[C@@H](c3nc4ccccc4[nH]3)C2)c(=O)[nH]1. The summed E-state index contributed by atoms with van der Waals surface area (Å²) in [7, 11) is 0. The van der Waals surface area contributed by atoms with E-state index in [0.717, 1.165) is 35.4 Å². The fraction of sp³-hybridized carbons (Fsp3) is 0.316. The van der Waals surface area contributed by atoms with Crippen molar-refractivity contribution in [2.45, 2.75) is 25.7 Å². The molecule has 1 saturated heterocycles. The third-order valence-electron chi connectivity index (χ3n) is 4.79. The number of rotatable bonds is 2. The van der Waals surface area contributed by atoms with Gasteiger partial charge >= 0.3 is 0 Å². The van der Waals surface area contributed by atoms with Gasteiger partial charge in [0.05, 0.1) is 11.0 Å². The van der Waals surface area contributed by atoms with Crippen LogP contribution in [0.2, 0.25) is 0 Å². The van der Waals surface area contributed by atoms with E-state index in [2.05, 4.69) is 15.0 Å². The third kappa shape index (κ3) is 2.95. The Morgan fingerprint density at radius 3 is 2.84 bits per heavy atom. The topological polar surface area (TPSA) is 81.8 Å². The molecule has 1 aromatic carbocycles. The fourth-order valence-electron chi connectivity index (χ4n) is 3.46. The van der Waals surface area contributed by atoms with Crippen molar-refractivity contribution in [3.63, 3.8) is 0 Å². The molecule has 0 aliphatic carbocycles. The Kier molecular flexibility index (Phi) is 3.87. The van der Waals surface area contributed by atoms with Gasteiger partial charge in [0.2, 0.25) is 0 Å². The van der Waals surface area contributed by atoms with Crippen molar-refractivity contribution in [3.05, 3.63) is 63.8 Å². The number of pyridine rings is 1. The van der Waals surface area contributed by atoms with Gasteiger partial charge in [-0.1, -0.05) is 12.1 Å². The van der Waals surface area contributed by atoms with Gasteiger partial charge in [-0.15, -0.1) is 0 Å². The lowest BCUT2D eigenvalue weighted by Gasteiger charge is -2.31. The van der Waals surface area contributed by atoms with Crippen LogP contribution < -0.4 is 5.56 Å². The first-order valence-electron chi connectivity index (χ1n) is 8.55. The molecule has 2 N–H and O–H groups in total. The molecule has 0 saturated carbocycles. The second-order valence-electron chi connectivity index (χ2n) is 6.61. The summed E-state index contributed by atoms with van der Waals surface area (Å²) in [5.74, 6) is 0.869. The molecule has 0 bridgehead atoms. The lowest BCUT2D eigenvalue weighted by Crippen LogP contribution is -2.41. The summed E-state index contributed by atoms with van der Waals surface area (Å²) in [6, 6.07) is 11.3. The van der Waals surface area contributed by atoms with Gasteiger partial charge in [-0.2, -0.15) is 0 Å². The molecule has 6 heteroatoms. The van der Waals surface area contributed by atoms with Crippen molar-refractivity contribution in [2.24, 2.45) is 0 Å². The Balaban J connectivity index is 1.58. The van der Waals surface area contributed by atoms with Crippen LogP contribution in [0, 0.1) is 6.92 Å². The van der Waals surface area contributed by atoms with Crippen LogP contribution in [0.15, 0.2) is 41.2 Å². The minimum atomic E-state index is -0.323. The highest BCUT2D eigenvalue weighted by atomic mass is 16.2. The molecule has 2 aromatic heterocycles. The summed E-state index contributed by atoms with van der Waals surface area (Å²) in [4.78, 5) is 37.3. The second kappa shape index (κ2) is 6.20. The minimum absolute atomic E-state index is 0.162. The van der Waals surface area contributed by atoms with E-state index in [1.54, 1.807) is 24.0 Å². The molecule has 4 rings (SSSR count). The van der Waals surface area contributed by atoms with Gasteiger partial charge in [0.1, 0.15) is 11.4 Å². The van der Waals surface area contributed by atoms with Crippen LogP contribution in [-0.2, 0) is 0 Å². The van der Waals surface area contributed by atoms with Gasteiger partial charge in [0, 0.05) is 24.7 Å². The largest absolute Gasteiger partial charge is 0.342 e. The maximum absolute atomic E-state index is 12.8. The van der Waals surface area contributed by atoms with E-state index in [-0.39, 0.29) is 22.9 Å². The Hall–Kier alpha value is -2.89. The van der Waals surface area contributed by atoms with Crippen molar-refractivity contribution < 1.29 is 4.79 Å². The van der Waals surface area contributed by atoms with Crippen LogP contribution in [0.1, 0.15) is 40.6 Å². The number of benzene rings is 1.